The Morgan fingerprint density at radius 2 is 1.90 bits per heavy atom. The van der Waals surface area contributed by atoms with Crippen LogP contribution in [-0.4, -0.2) is 43.8 Å². The molecule has 21 heavy (non-hydrogen) atoms. The van der Waals surface area contributed by atoms with Crippen LogP contribution in [0.5, 0.6) is 0 Å². The Labute approximate surface area is 126 Å². The SMILES string of the molecule is CN(C(=O)c1ccc2c(c1)CCCC2)C1CCS(=O)(=O)C1. The van der Waals surface area contributed by atoms with Gasteiger partial charge in [-0.05, 0) is 55.4 Å². The van der Waals surface area contributed by atoms with Gasteiger partial charge in [-0.1, -0.05) is 6.07 Å². The third kappa shape index (κ3) is 2.98. The van der Waals surface area contributed by atoms with E-state index in [1.165, 1.54) is 24.0 Å². The second-order valence-corrected chi connectivity index (χ2v) is 8.39. The molecule has 1 saturated heterocycles. The van der Waals surface area contributed by atoms with Crippen molar-refractivity contribution >= 4 is 15.7 Å². The van der Waals surface area contributed by atoms with Gasteiger partial charge in [0.2, 0.25) is 0 Å². The third-order valence-corrected chi connectivity index (χ3v) is 6.42. The van der Waals surface area contributed by atoms with E-state index in [9.17, 15) is 13.2 Å². The maximum Gasteiger partial charge on any atom is 0.253 e. The third-order valence-electron chi connectivity index (χ3n) is 4.67. The van der Waals surface area contributed by atoms with Crippen LogP contribution in [0.25, 0.3) is 0 Å². The van der Waals surface area contributed by atoms with Gasteiger partial charge >= 0.3 is 0 Å². The molecule has 0 N–H and O–H groups in total. The summed E-state index contributed by atoms with van der Waals surface area (Å²) in [6.45, 7) is 0. The fourth-order valence-corrected chi connectivity index (χ4v) is 5.09. The van der Waals surface area contributed by atoms with Gasteiger partial charge in [0.25, 0.3) is 5.91 Å². The summed E-state index contributed by atoms with van der Waals surface area (Å²) in [6.07, 6.45) is 5.09. The number of rotatable bonds is 2. The highest BCUT2D eigenvalue weighted by Gasteiger charge is 2.33. The average molecular weight is 307 g/mol. The topological polar surface area (TPSA) is 54.5 Å². The van der Waals surface area contributed by atoms with E-state index in [-0.39, 0.29) is 23.5 Å². The molecule has 1 fully saturated rings. The van der Waals surface area contributed by atoms with E-state index in [1.54, 1.807) is 11.9 Å². The molecule has 1 aliphatic carbocycles. The number of hydrogen-bond donors (Lipinski definition) is 0. The van der Waals surface area contributed by atoms with Crippen molar-refractivity contribution < 1.29 is 13.2 Å². The van der Waals surface area contributed by atoms with Crippen molar-refractivity contribution in [2.45, 2.75) is 38.1 Å². The van der Waals surface area contributed by atoms with Gasteiger partial charge in [0.1, 0.15) is 0 Å². The van der Waals surface area contributed by atoms with E-state index in [0.29, 0.717) is 12.0 Å². The van der Waals surface area contributed by atoms with Gasteiger partial charge in [0.05, 0.1) is 11.5 Å². The van der Waals surface area contributed by atoms with E-state index in [0.717, 1.165) is 12.8 Å². The first kappa shape index (κ1) is 14.6. The number of amides is 1. The van der Waals surface area contributed by atoms with Gasteiger partial charge < -0.3 is 4.90 Å². The van der Waals surface area contributed by atoms with Crippen LogP contribution in [0, 0.1) is 0 Å². The molecule has 1 unspecified atom stereocenters. The fraction of sp³-hybridized carbons (Fsp3) is 0.562. The van der Waals surface area contributed by atoms with Gasteiger partial charge in [-0.3, -0.25) is 4.79 Å². The summed E-state index contributed by atoms with van der Waals surface area (Å²) >= 11 is 0. The molecule has 0 aromatic heterocycles. The first-order chi connectivity index (χ1) is 9.96. The Morgan fingerprint density at radius 1 is 1.19 bits per heavy atom. The van der Waals surface area contributed by atoms with E-state index < -0.39 is 9.84 Å². The van der Waals surface area contributed by atoms with Crippen LogP contribution in [-0.2, 0) is 22.7 Å². The average Bonchev–Trinajstić information content (AvgIpc) is 2.85. The molecule has 1 amide bonds. The lowest BCUT2D eigenvalue weighted by atomic mass is 9.90. The van der Waals surface area contributed by atoms with Gasteiger partial charge in [-0.15, -0.1) is 0 Å². The number of carbonyl (C=O) groups excluding carboxylic acids is 1. The lowest BCUT2D eigenvalue weighted by Crippen LogP contribution is -2.37. The molecule has 1 aromatic rings. The number of aryl methyl sites for hydroxylation is 2. The number of hydrogen-bond acceptors (Lipinski definition) is 3. The second-order valence-electron chi connectivity index (χ2n) is 6.16. The Balaban J connectivity index is 1.79. The van der Waals surface area contributed by atoms with Crippen LogP contribution >= 0.6 is 0 Å². The number of benzene rings is 1. The highest BCUT2D eigenvalue weighted by Crippen LogP contribution is 2.24. The Bertz CT molecular complexity index is 666. The molecule has 0 radical (unpaired) electrons. The monoisotopic (exact) mass is 307 g/mol. The van der Waals surface area contributed by atoms with Crippen LogP contribution in [0.2, 0.25) is 0 Å². The fourth-order valence-electron chi connectivity index (χ4n) is 3.32. The van der Waals surface area contributed by atoms with Crippen molar-refractivity contribution in [2.24, 2.45) is 0 Å². The zero-order chi connectivity index (χ0) is 15.0. The summed E-state index contributed by atoms with van der Waals surface area (Å²) in [4.78, 5) is 14.2. The van der Waals surface area contributed by atoms with Gasteiger partial charge in [-0.2, -0.15) is 0 Å². The second kappa shape index (κ2) is 5.44. The Morgan fingerprint density at radius 3 is 2.57 bits per heavy atom. The maximum atomic E-state index is 12.6. The first-order valence-electron chi connectivity index (χ1n) is 7.56. The molecule has 1 atom stereocenters. The minimum Gasteiger partial charge on any atom is -0.338 e. The lowest BCUT2D eigenvalue weighted by Gasteiger charge is -2.24. The molecule has 0 bridgehead atoms. The predicted octanol–water partition coefficient (Wildman–Crippen LogP) is 1.82. The molecule has 114 valence electrons. The van der Waals surface area contributed by atoms with E-state index in [4.69, 9.17) is 0 Å². The summed E-state index contributed by atoms with van der Waals surface area (Å²) in [6, 6.07) is 5.75. The normalized spacial score (nSPS) is 23.6. The first-order valence-corrected chi connectivity index (χ1v) is 9.38. The van der Waals surface area contributed by atoms with Crippen molar-refractivity contribution in [3.05, 3.63) is 34.9 Å². The largest absolute Gasteiger partial charge is 0.338 e. The summed E-state index contributed by atoms with van der Waals surface area (Å²) in [5.74, 6) is 0.227. The van der Waals surface area contributed by atoms with Crippen LogP contribution < -0.4 is 0 Å². The summed E-state index contributed by atoms with van der Waals surface area (Å²) in [7, 11) is -1.25. The summed E-state index contributed by atoms with van der Waals surface area (Å²) in [5, 5.41) is 0. The van der Waals surface area contributed by atoms with E-state index in [2.05, 4.69) is 6.07 Å². The van der Waals surface area contributed by atoms with Crippen LogP contribution in [0.15, 0.2) is 18.2 Å². The molecule has 5 heteroatoms. The molecule has 1 aliphatic heterocycles. The van der Waals surface area contributed by atoms with Crippen molar-refractivity contribution in [3.8, 4) is 0 Å². The minimum atomic E-state index is -2.96. The molecular formula is C16H21NO3S. The van der Waals surface area contributed by atoms with Crippen molar-refractivity contribution in [1.29, 1.82) is 0 Å². The van der Waals surface area contributed by atoms with Crippen LogP contribution in [0.1, 0.15) is 40.7 Å². The standard InChI is InChI=1S/C16H21NO3S/c1-17(15-8-9-21(19,20)11-15)16(18)14-7-6-12-4-2-3-5-13(12)10-14/h6-7,10,15H,2-5,8-9,11H2,1H3. The number of carbonyl (C=O) groups is 1. The zero-order valence-electron chi connectivity index (χ0n) is 12.3. The lowest BCUT2D eigenvalue weighted by molar-refractivity contribution is 0.0747. The summed E-state index contributed by atoms with van der Waals surface area (Å²) < 4.78 is 23.1. The quantitative estimate of drug-likeness (QED) is 0.837. The summed E-state index contributed by atoms with van der Waals surface area (Å²) in [5.41, 5.74) is 3.31. The van der Waals surface area contributed by atoms with Gasteiger partial charge in [0, 0.05) is 18.7 Å². The van der Waals surface area contributed by atoms with Crippen molar-refractivity contribution in [1.82, 2.24) is 4.90 Å². The van der Waals surface area contributed by atoms with Crippen LogP contribution in [0.4, 0.5) is 0 Å². The molecule has 0 spiro atoms. The molecule has 1 heterocycles. The molecule has 4 nitrogen and oxygen atoms in total. The smallest absolute Gasteiger partial charge is 0.253 e. The molecule has 3 rings (SSSR count). The van der Waals surface area contributed by atoms with Gasteiger partial charge in [-0.25, -0.2) is 8.42 Å². The van der Waals surface area contributed by atoms with Crippen molar-refractivity contribution in [2.75, 3.05) is 18.6 Å². The molecular weight excluding hydrogens is 286 g/mol. The maximum absolute atomic E-state index is 12.6. The highest BCUT2D eigenvalue weighted by molar-refractivity contribution is 7.91. The van der Waals surface area contributed by atoms with Crippen molar-refractivity contribution in [3.63, 3.8) is 0 Å². The highest BCUT2D eigenvalue weighted by atomic mass is 32.2. The Kier molecular flexibility index (Phi) is 3.78. The number of fused-ring (bicyclic) bond motifs is 1. The van der Waals surface area contributed by atoms with E-state index >= 15 is 0 Å². The molecule has 1 aromatic carbocycles. The number of nitrogens with zero attached hydrogens (tertiary/aromatic N) is 1. The Hall–Kier alpha value is -1.36. The molecule has 0 saturated carbocycles. The predicted molar refractivity (Wildman–Crippen MR) is 82.2 cm³/mol. The van der Waals surface area contributed by atoms with E-state index in [1.807, 2.05) is 12.1 Å². The van der Waals surface area contributed by atoms with Gasteiger partial charge in [0.15, 0.2) is 9.84 Å². The zero-order valence-corrected chi connectivity index (χ0v) is 13.2. The molecule has 2 aliphatic rings. The van der Waals surface area contributed by atoms with Crippen LogP contribution in [0.3, 0.4) is 0 Å². The number of sulfone groups is 1. The minimum absolute atomic E-state index is 0.0644.